The molecular formula is C17H16N2O4. The second kappa shape index (κ2) is 6.39. The van der Waals surface area contributed by atoms with Gasteiger partial charge in [0.05, 0.1) is 12.6 Å². The largest absolute Gasteiger partial charge is 0.496 e. The molecule has 0 saturated carbocycles. The molecule has 0 spiro atoms. The lowest BCUT2D eigenvalue weighted by atomic mass is 10.1. The minimum Gasteiger partial charge on any atom is -0.496 e. The maximum absolute atomic E-state index is 12.2. The van der Waals surface area contributed by atoms with Gasteiger partial charge in [-0.3, -0.25) is 9.78 Å². The van der Waals surface area contributed by atoms with Crippen LogP contribution in [0.3, 0.4) is 0 Å². The summed E-state index contributed by atoms with van der Waals surface area (Å²) in [6, 6.07) is 12.5. The SMILES string of the molecule is COc1ccccc1CCNC(=O)c1ccc2[nH]c(=O)oc2c1. The molecule has 2 N–H and O–H groups in total. The standard InChI is InChI=1S/C17H16N2O4/c1-22-14-5-3-2-4-11(14)8-9-18-16(20)12-6-7-13-15(10-12)23-17(21)19-13/h2-7,10H,8-9H2,1H3,(H,18,20)(H,19,21). The van der Waals surface area contributed by atoms with E-state index in [0.29, 0.717) is 29.6 Å². The molecule has 23 heavy (non-hydrogen) atoms. The summed E-state index contributed by atoms with van der Waals surface area (Å²) in [5.41, 5.74) is 2.41. The van der Waals surface area contributed by atoms with Gasteiger partial charge in [-0.15, -0.1) is 0 Å². The number of methoxy groups -OCH3 is 1. The number of para-hydroxylation sites is 1. The monoisotopic (exact) mass is 312 g/mol. The van der Waals surface area contributed by atoms with E-state index in [-0.39, 0.29) is 5.91 Å². The van der Waals surface area contributed by atoms with Crippen molar-refractivity contribution in [2.75, 3.05) is 13.7 Å². The first kappa shape index (κ1) is 14.9. The molecule has 0 unspecified atom stereocenters. The van der Waals surface area contributed by atoms with Crippen LogP contribution in [0.2, 0.25) is 0 Å². The van der Waals surface area contributed by atoms with Gasteiger partial charge in [-0.2, -0.15) is 0 Å². The number of benzene rings is 2. The van der Waals surface area contributed by atoms with Gasteiger partial charge in [0.15, 0.2) is 5.58 Å². The number of hydrogen-bond donors (Lipinski definition) is 2. The summed E-state index contributed by atoms with van der Waals surface area (Å²) in [5, 5.41) is 2.85. The van der Waals surface area contributed by atoms with Crippen LogP contribution in [0.5, 0.6) is 5.75 Å². The highest BCUT2D eigenvalue weighted by molar-refractivity contribution is 5.96. The molecule has 0 aliphatic heterocycles. The lowest BCUT2D eigenvalue weighted by molar-refractivity contribution is 0.0954. The van der Waals surface area contributed by atoms with Crippen molar-refractivity contribution < 1.29 is 13.9 Å². The van der Waals surface area contributed by atoms with Gasteiger partial charge in [0, 0.05) is 12.1 Å². The van der Waals surface area contributed by atoms with Crippen molar-refractivity contribution in [1.29, 1.82) is 0 Å². The Morgan fingerprint density at radius 2 is 2.09 bits per heavy atom. The maximum Gasteiger partial charge on any atom is 0.417 e. The molecule has 0 saturated heterocycles. The Morgan fingerprint density at radius 3 is 2.91 bits per heavy atom. The van der Waals surface area contributed by atoms with Gasteiger partial charge >= 0.3 is 5.76 Å². The number of fused-ring (bicyclic) bond motifs is 1. The predicted molar refractivity (Wildman–Crippen MR) is 85.9 cm³/mol. The number of carbonyl (C=O) groups excluding carboxylic acids is 1. The Morgan fingerprint density at radius 1 is 1.26 bits per heavy atom. The zero-order chi connectivity index (χ0) is 16.2. The Balaban J connectivity index is 1.65. The summed E-state index contributed by atoms with van der Waals surface area (Å²) >= 11 is 0. The van der Waals surface area contributed by atoms with Crippen molar-refractivity contribution in [2.45, 2.75) is 6.42 Å². The van der Waals surface area contributed by atoms with Crippen molar-refractivity contribution >= 4 is 17.0 Å². The van der Waals surface area contributed by atoms with E-state index in [1.807, 2.05) is 24.3 Å². The van der Waals surface area contributed by atoms with E-state index in [2.05, 4.69) is 10.3 Å². The van der Waals surface area contributed by atoms with E-state index in [0.717, 1.165) is 11.3 Å². The highest BCUT2D eigenvalue weighted by Crippen LogP contribution is 2.17. The van der Waals surface area contributed by atoms with Crippen LogP contribution in [0.1, 0.15) is 15.9 Å². The summed E-state index contributed by atoms with van der Waals surface area (Å²) in [7, 11) is 1.62. The van der Waals surface area contributed by atoms with Gasteiger partial charge in [-0.05, 0) is 36.2 Å². The molecule has 0 atom stereocenters. The normalized spacial score (nSPS) is 10.7. The van der Waals surface area contributed by atoms with Gasteiger partial charge in [0.1, 0.15) is 5.75 Å². The number of rotatable bonds is 5. The van der Waals surface area contributed by atoms with Crippen molar-refractivity contribution in [3.8, 4) is 5.75 Å². The molecular weight excluding hydrogens is 296 g/mol. The summed E-state index contributed by atoms with van der Waals surface area (Å²) in [6.07, 6.45) is 0.664. The fourth-order valence-corrected chi connectivity index (χ4v) is 2.41. The minimum atomic E-state index is -0.534. The maximum atomic E-state index is 12.2. The zero-order valence-electron chi connectivity index (χ0n) is 12.6. The summed E-state index contributed by atoms with van der Waals surface area (Å²) in [4.78, 5) is 25.8. The van der Waals surface area contributed by atoms with Gasteiger partial charge in [-0.1, -0.05) is 18.2 Å². The first-order chi connectivity index (χ1) is 11.2. The van der Waals surface area contributed by atoms with Crippen LogP contribution >= 0.6 is 0 Å². The van der Waals surface area contributed by atoms with E-state index in [4.69, 9.17) is 9.15 Å². The van der Waals surface area contributed by atoms with E-state index >= 15 is 0 Å². The Hall–Kier alpha value is -3.02. The highest BCUT2D eigenvalue weighted by atomic mass is 16.5. The molecule has 3 aromatic rings. The van der Waals surface area contributed by atoms with Gasteiger partial charge in [-0.25, -0.2) is 4.79 Å². The molecule has 6 heteroatoms. The molecule has 1 amide bonds. The summed E-state index contributed by atoms with van der Waals surface area (Å²) in [6.45, 7) is 0.480. The summed E-state index contributed by atoms with van der Waals surface area (Å²) < 4.78 is 10.2. The molecule has 2 aromatic carbocycles. The fourth-order valence-electron chi connectivity index (χ4n) is 2.41. The minimum absolute atomic E-state index is 0.217. The molecule has 0 aliphatic rings. The van der Waals surface area contributed by atoms with Crippen LogP contribution in [0.15, 0.2) is 51.7 Å². The van der Waals surface area contributed by atoms with Gasteiger partial charge < -0.3 is 14.5 Å². The number of ether oxygens (including phenoxy) is 1. The number of H-pyrrole nitrogens is 1. The molecule has 118 valence electrons. The number of aromatic amines is 1. The Labute approximate surface area is 132 Å². The zero-order valence-corrected chi connectivity index (χ0v) is 12.6. The van der Waals surface area contributed by atoms with Crippen molar-refractivity contribution in [3.63, 3.8) is 0 Å². The average molecular weight is 312 g/mol. The van der Waals surface area contributed by atoms with Crippen LogP contribution in [0, 0.1) is 0 Å². The third-order valence-corrected chi connectivity index (χ3v) is 3.56. The van der Waals surface area contributed by atoms with E-state index in [1.165, 1.54) is 0 Å². The second-order valence-corrected chi connectivity index (χ2v) is 5.04. The molecule has 1 aromatic heterocycles. The lowest BCUT2D eigenvalue weighted by Gasteiger charge is -2.09. The molecule has 0 radical (unpaired) electrons. The Kier molecular flexibility index (Phi) is 4.14. The second-order valence-electron chi connectivity index (χ2n) is 5.04. The number of hydrogen-bond acceptors (Lipinski definition) is 4. The third-order valence-electron chi connectivity index (χ3n) is 3.56. The number of oxazole rings is 1. The van der Waals surface area contributed by atoms with Crippen LogP contribution in [-0.4, -0.2) is 24.5 Å². The fraction of sp³-hybridized carbons (Fsp3) is 0.176. The first-order valence-corrected chi connectivity index (χ1v) is 7.20. The number of carbonyl (C=O) groups is 1. The lowest BCUT2D eigenvalue weighted by Crippen LogP contribution is -2.25. The quantitative estimate of drug-likeness (QED) is 0.755. The third kappa shape index (κ3) is 3.26. The number of nitrogens with one attached hydrogen (secondary N) is 2. The van der Waals surface area contributed by atoms with E-state index in [1.54, 1.807) is 25.3 Å². The molecule has 0 aliphatic carbocycles. The summed E-state index contributed by atoms with van der Waals surface area (Å²) in [5.74, 6) is 0.0524. The number of amides is 1. The molecule has 1 heterocycles. The predicted octanol–water partition coefficient (Wildman–Crippen LogP) is 2.10. The topological polar surface area (TPSA) is 84.3 Å². The average Bonchev–Trinajstić information content (AvgIpc) is 2.94. The Bertz CT molecular complexity index is 895. The van der Waals surface area contributed by atoms with Crippen molar-refractivity contribution in [1.82, 2.24) is 10.3 Å². The molecule has 0 fully saturated rings. The van der Waals surface area contributed by atoms with Crippen molar-refractivity contribution in [2.24, 2.45) is 0 Å². The molecule has 6 nitrogen and oxygen atoms in total. The first-order valence-electron chi connectivity index (χ1n) is 7.20. The van der Waals surface area contributed by atoms with Crippen LogP contribution in [-0.2, 0) is 6.42 Å². The molecule has 0 bridgehead atoms. The van der Waals surface area contributed by atoms with Crippen LogP contribution in [0.25, 0.3) is 11.1 Å². The smallest absolute Gasteiger partial charge is 0.417 e. The van der Waals surface area contributed by atoms with Gasteiger partial charge in [0.2, 0.25) is 0 Å². The van der Waals surface area contributed by atoms with Gasteiger partial charge in [0.25, 0.3) is 5.91 Å². The number of aromatic nitrogens is 1. The van der Waals surface area contributed by atoms with Crippen LogP contribution in [0.4, 0.5) is 0 Å². The van der Waals surface area contributed by atoms with Crippen LogP contribution < -0.4 is 15.8 Å². The van der Waals surface area contributed by atoms with E-state index in [9.17, 15) is 9.59 Å². The van der Waals surface area contributed by atoms with E-state index < -0.39 is 5.76 Å². The highest BCUT2D eigenvalue weighted by Gasteiger charge is 2.09. The molecule has 3 rings (SSSR count). The van der Waals surface area contributed by atoms with Crippen molar-refractivity contribution in [3.05, 3.63) is 64.1 Å².